The van der Waals surface area contributed by atoms with Crippen LogP contribution in [0.5, 0.6) is 5.75 Å². The molecule has 19 heavy (non-hydrogen) atoms. The lowest BCUT2D eigenvalue weighted by Gasteiger charge is -2.12. The van der Waals surface area contributed by atoms with Crippen molar-refractivity contribution in [2.45, 2.75) is 0 Å². The first-order valence-electron chi connectivity index (χ1n) is 6.08. The number of rotatable bonds is 7. The number of thioether (sulfide) groups is 1. The molecule has 106 valence electrons. The smallest absolute Gasteiger partial charge is 0.191 e. The minimum absolute atomic E-state index is 0.292. The molecule has 0 aliphatic carbocycles. The standard InChI is InChI=1S/C13H20FN3OS/c1-15-13(17-7-9-19-2)16-6-8-18-12-5-3-4-11(14)10-12/h3-5,10H,6-9H2,1-2H3,(H2,15,16,17). The summed E-state index contributed by atoms with van der Waals surface area (Å²) >= 11 is 1.78. The van der Waals surface area contributed by atoms with E-state index in [4.69, 9.17) is 4.74 Å². The third-order valence-electron chi connectivity index (χ3n) is 2.28. The molecule has 0 bridgehead atoms. The van der Waals surface area contributed by atoms with Crippen molar-refractivity contribution in [3.63, 3.8) is 0 Å². The van der Waals surface area contributed by atoms with E-state index in [1.165, 1.54) is 12.1 Å². The lowest BCUT2D eigenvalue weighted by atomic mass is 10.3. The van der Waals surface area contributed by atoms with Gasteiger partial charge >= 0.3 is 0 Å². The second kappa shape index (κ2) is 9.49. The first-order chi connectivity index (χ1) is 9.26. The number of nitrogens with zero attached hydrogens (tertiary/aromatic N) is 1. The Morgan fingerprint density at radius 2 is 2.16 bits per heavy atom. The van der Waals surface area contributed by atoms with Gasteiger partial charge in [-0.3, -0.25) is 4.99 Å². The second-order valence-electron chi connectivity index (χ2n) is 3.72. The molecule has 2 N–H and O–H groups in total. The highest BCUT2D eigenvalue weighted by Crippen LogP contribution is 2.11. The van der Waals surface area contributed by atoms with Gasteiger partial charge in [0, 0.05) is 25.4 Å². The van der Waals surface area contributed by atoms with Crippen molar-refractivity contribution in [2.75, 3.05) is 38.8 Å². The number of guanidine groups is 1. The Labute approximate surface area is 117 Å². The van der Waals surface area contributed by atoms with Gasteiger partial charge < -0.3 is 15.4 Å². The summed E-state index contributed by atoms with van der Waals surface area (Å²) < 4.78 is 18.3. The van der Waals surface area contributed by atoms with Crippen LogP contribution in [0.1, 0.15) is 0 Å². The highest BCUT2D eigenvalue weighted by molar-refractivity contribution is 7.98. The van der Waals surface area contributed by atoms with Crippen molar-refractivity contribution in [2.24, 2.45) is 4.99 Å². The molecule has 0 spiro atoms. The zero-order valence-corrected chi connectivity index (χ0v) is 12.1. The molecule has 0 aromatic heterocycles. The minimum atomic E-state index is -0.292. The molecular weight excluding hydrogens is 265 g/mol. The highest BCUT2D eigenvalue weighted by Gasteiger charge is 1.98. The van der Waals surface area contributed by atoms with Crippen LogP contribution in [0.15, 0.2) is 29.3 Å². The average Bonchev–Trinajstić information content (AvgIpc) is 2.41. The molecule has 0 atom stereocenters. The van der Waals surface area contributed by atoms with E-state index in [0.717, 1.165) is 18.3 Å². The number of hydrogen-bond donors (Lipinski definition) is 2. The summed E-state index contributed by atoms with van der Waals surface area (Å²) in [6, 6.07) is 6.11. The first-order valence-corrected chi connectivity index (χ1v) is 7.47. The molecule has 1 aromatic rings. The number of ether oxygens (including phenoxy) is 1. The van der Waals surface area contributed by atoms with E-state index in [1.807, 2.05) is 0 Å². The number of benzene rings is 1. The third kappa shape index (κ3) is 6.91. The summed E-state index contributed by atoms with van der Waals surface area (Å²) in [6.07, 6.45) is 2.06. The normalized spacial score (nSPS) is 11.2. The summed E-state index contributed by atoms with van der Waals surface area (Å²) in [5.41, 5.74) is 0. The fourth-order valence-electron chi connectivity index (χ4n) is 1.39. The van der Waals surface area contributed by atoms with Crippen LogP contribution in [0.3, 0.4) is 0 Å². The second-order valence-corrected chi connectivity index (χ2v) is 4.71. The van der Waals surface area contributed by atoms with Gasteiger partial charge in [0.05, 0.1) is 6.54 Å². The Bertz CT molecular complexity index is 401. The van der Waals surface area contributed by atoms with Crippen LogP contribution in [-0.2, 0) is 0 Å². The van der Waals surface area contributed by atoms with E-state index in [2.05, 4.69) is 21.9 Å². The van der Waals surface area contributed by atoms with Crippen molar-refractivity contribution in [1.82, 2.24) is 10.6 Å². The van der Waals surface area contributed by atoms with Crippen LogP contribution in [0.25, 0.3) is 0 Å². The number of nitrogens with one attached hydrogen (secondary N) is 2. The minimum Gasteiger partial charge on any atom is -0.492 e. The average molecular weight is 285 g/mol. The number of halogens is 1. The van der Waals surface area contributed by atoms with Gasteiger partial charge in [0.2, 0.25) is 0 Å². The van der Waals surface area contributed by atoms with Gasteiger partial charge in [0.25, 0.3) is 0 Å². The van der Waals surface area contributed by atoms with Crippen molar-refractivity contribution >= 4 is 17.7 Å². The first kappa shape index (κ1) is 15.6. The molecule has 0 saturated heterocycles. The molecule has 0 radical (unpaired) electrons. The summed E-state index contributed by atoms with van der Waals surface area (Å²) in [7, 11) is 1.72. The predicted octanol–water partition coefficient (Wildman–Crippen LogP) is 1.73. The van der Waals surface area contributed by atoms with Crippen LogP contribution in [0.4, 0.5) is 4.39 Å². The summed E-state index contributed by atoms with van der Waals surface area (Å²) in [6.45, 7) is 1.92. The Kier molecular flexibility index (Phi) is 7.81. The lowest BCUT2D eigenvalue weighted by molar-refractivity contribution is 0.320. The van der Waals surface area contributed by atoms with Crippen molar-refractivity contribution in [3.8, 4) is 5.75 Å². The Morgan fingerprint density at radius 3 is 2.84 bits per heavy atom. The Balaban J connectivity index is 2.18. The van der Waals surface area contributed by atoms with Gasteiger partial charge in [-0.1, -0.05) is 6.07 Å². The topological polar surface area (TPSA) is 45.7 Å². The molecule has 0 aliphatic heterocycles. The Hall–Kier alpha value is -1.43. The zero-order chi connectivity index (χ0) is 13.9. The van der Waals surface area contributed by atoms with Crippen LogP contribution < -0.4 is 15.4 Å². The lowest BCUT2D eigenvalue weighted by Crippen LogP contribution is -2.40. The fraction of sp³-hybridized carbons (Fsp3) is 0.462. The van der Waals surface area contributed by atoms with Gasteiger partial charge in [-0.05, 0) is 18.4 Å². The van der Waals surface area contributed by atoms with Crippen molar-refractivity contribution < 1.29 is 9.13 Å². The molecule has 0 fully saturated rings. The monoisotopic (exact) mass is 285 g/mol. The molecule has 6 heteroatoms. The van der Waals surface area contributed by atoms with Crippen molar-refractivity contribution in [3.05, 3.63) is 30.1 Å². The van der Waals surface area contributed by atoms with E-state index in [-0.39, 0.29) is 5.82 Å². The molecule has 1 aromatic carbocycles. The molecular formula is C13H20FN3OS. The van der Waals surface area contributed by atoms with Gasteiger partial charge in [0.1, 0.15) is 18.2 Å². The van der Waals surface area contributed by atoms with Gasteiger partial charge in [0.15, 0.2) is 5.96 Å². The predicted molar refractivity (Wildman–Crippen MR) is 79.6 cm³/mol. The van der Waals surface area contributed by atoms with Crippen molar-refractivity contribution in [1.29, 1.82) is 0 Å². The summed E-state index contributed by atoms with van der Waals surface area (Å²) in [4.78, 5) is 4.09. The van der Waals surface area contributed by atoms with Gasteiger partial charge in [-0.25, -0.2) is 4.39 Å². The maximum atomic E-state index is 12.9. The molecule has 0 aliphatic rings. The highest BCUT2D eigenvalue weighted by atomic mass is 32.2. The largest absolute Gasteiger partial charge is 0.492 e. The quantitative estimate of drug-likeness (QED) is 0.455. The molecule has 0 amide bonds. The zero-order valence-electron chi connectivity index (χ0n) is 11.3. The molecule has 4 nitrogen and oxygen atoms in total. The van der Waals surface area contributed by atoms with E-state index >= 15 is 0 Å². The van der Waals surface area contributed by atoms with Crippen LogP contribution in [-0.4, -0.2) is 44.7 Å². The van der Waals surface area contributed by atoms with Gasteiger partial charge in [-0.15, -0.1) is 0 Å². The fourth-order valence-corrected chi connectivity index (χ4v) is 1.69. The van der Waals surface area contributed by atoms with E-state index in [0.29, 0.717) is 18.9 Å². The summed E-state index contributed by atoms with van der Waals surface area (Å²) in [5, 5.41) is 6.30. The summed E-state index contributed by atoms with van der Waals surface area (Å²) in [5.74, 6) is 2.02. The number of aliphatic imine (C=N–C) groups is 1. The number of hydrogen-bond acceptors (Lipinski definition) is 3. The SMILES string of the molecule is CN=C(NCCOc1cccc(F)c1)NCCSC. The Morgan fingerprint density at radius 1 is 1.37 bits per heavy atom. The maximum Gasteiger partial charge on any atom is 0.191 e. The molecule has 0 saturated carbocycles. The van der Waals surface area contributed by atoms with E-state index in [1.54, 1.807) is 30.9 Å². The molecule has 0 unspecified atom stereocenters. The van der Waals surface area contributed by atoms with Gasteiger partial charge in [-0.2, -0.15) is 11.8 Å². The molecule has 1 rings (SSSR count). The third-order valence-corrected chi connectivity index (χ3v) is 2.89. The maximum absolute atomic E-state index is 12.9. The molecule has 0 heterocycles. The van der Waals surface area contributed by atoms with E-state index < -0.39 is 0 Å². The van der Waals surface area contributed by atoms with Crippen LogP contribution in [0.2, 0.25) is 0 Å². The van der Waals surface area contributed by atoms with Crippen LogP contribution >= 0.6 is 11.8 Å². The van der Waals surface area contributed by atoms with E-state index in [9.17, 15) is 4.39 Å². The van der Waals surface area contributed by atoms with Crippen LogP contribution in [0, 0.1) is 5.82 Å².